The van der Waals surface area contributed by atoms with E-state index in [0.29, 0.717) is 43.4 Å². The second kappa shape index (κ2) is 12.6. The van der Waals surface area contributed by atoms with Crippen LogP contribution in [0.25, 0.3) is 0 Å². The van der Waals surface area contributed by atoms with Crippen LogP contribution in [0.4, 0.5) is 28.0 Å². The van der Waals surface area contributed by atoms with Crippen LogP contribution in [0, 0.1) is 17.1 Å². The maximum Gasteiger partial charge on any atom is 0.419 e. The maximum atomic E-state index is 14.3. The van der Waals surface area contributed by atoms with Crippen molar-refractivity contribution in [1.29, 1.82) is 5.26 Å². The van der Waals surface area contributed by atoms with E-state index in [1.54, 1.807) is 47.2 Å². The molecule has 0 spiro atoms. The molecule has 3 aromatic carbocycles. The highest BCUT2D eigenvalue weighted by Crippen LogP contribution is 2.37. The van der Waals surface area contributed by atoms with Crippen LogP contribution in [0.1, 0.15) is 28.2 Å². The van der Waals surface area contributed by atoms with Gasteiger partial charge in [-0.2, -0.15) is 18.4 Å². The molecule has 3 amide bonds. The average Bonchev–Trinajstić information content (AvgIpc) is 3.34. The highest BCUT2D eigenvalue weighted by atomic mass is 35.5. The predicted molar refractivity (Wildman–Crippen MR) is 158 cm³/mol. The second-order valence-corrected chi connectivity index (χ2v) is 11.6. The Balaban J connectivity index is 1.36. The Hall–Kier alpha value is -3.85. The molecule has 5 rings (SSSR count). The number of carbonyl (C=O) groups is 2. The summed E-state index contributed by atoms with van der Waals surface area (Å²) in [5.41, 5.74) is 0.747. The molecule has 2 fully saturated rings. The molecule has 2 aliphatic heterocycles. The predicted octanol–water partition coefficient (Wildman–Crippen LogP) is 6.39. The number of halogens is 6. The lowest BCUT2D eigenvalue weighted by Crippen LogP contribution is -2.53. The zero-order chi connectivity index (χ0) is 31.8. The standard InChI is InChI=1S/C31H27Cl2F4N5O2/c1-39(17-19-6-8-22(25(34)14-19)31(35,36)37)27-18-42(29(43)28(27)20-7-9-23(32)24(33)15-20)30(44)41-12-10-40(11-13-41)26-5-3-2-4-21(26)16-38/h2-9,14-15,27-28H,10-13,17-18H2,1H3. The number of likely N-dealkylation sites (N-methyl/N-ethyl adjacent to an activating group) is 1. The first-order valence-electron chi connectivity index (χ1n) is 13.7. The summed E-state index contributed by atoms with van der Waals surface area (Å²) in [5.74, 6) is -2.69. The van der Waals surface area contributed by atoms with Gasteiger partial charge in [-0.25, -0.2) is 9.18 Å². The van der Waals surface area contributed by atoms with Crippen LogP contribution in [-0.2, 0) is 17.5 Å². The van der Waals surface area contributed by atoms with Crippen molar-refractivity contribution in [3.05, 3.63) is 98.8 Å². The van der Waals surface area contributed by atoms with Crippen molar-refractivity contribution >= 4 is 40.8 Å². The van der Waals surface area contributed by atoms with Gasteiger partial charge in [0.15, 0.2) is 0 Å². The molecular weight excluding hydrogens is 621 g/mol. The number of amides is 3. The smallest absolute Gasteiger partial charge is 0.367 e. The number of nitrogens with zero attached hydrogens (tertiary/aromatic N) is 5. The molecule has 230 valence electrons. The first-order valence-corrected chi connectivity index (χ1v) is 14.5. The van der Waals surface area contributed by atoms with Crippen molar-refractivity contribution in [2.75, 3.05) is 44.7 Å². The number of piperazine rings is 1. The summed E-state index contributed by atoms with van der Waals surface area (Å²) >= 11 is 12.4. The monoisotopic (exact) mass is 647 g/mol. The summed E-state index contributed by atoms with van der Waals surface area (Å²) in [4.78, 5) is 34.1. The molecule has 0 aromatic heterocycles. The Labute approximate surface area is 261 Å². The first-order chi connectivity index (χ1) is 20.9. The Kier molecular flexibility index (Phi) is 9.07. The van der Waals surface area contributed by atoms with Crippen LogP contribution < -0.4 is 4.90 Å². The van der Waals surface area contributed by atoms with Gasteiger partial charge in [0.25, 0.3) is 0 Å². The van der Waals surface area contributed by atoms with Crippen LogP contribution in [0.3, 0.4) is 0 Å². The largest absolute Gasteiger partial charge is 0.419 e. The molecule has 7 nitrogen and oxygen atoms in total. The van der Waals surface area contributed by atoms with Gasteiger partial charge in [-0.3, -0.25) is 14.6 Å². The van der Waals surface area contributed by atoms with E-state index in [9.17, 15) is 32.4 Å². The maximum absolute atomic E-state index is 14.3. The number of urea groups is 1. The molecule has 0 aliphatic carbocycles. The SMILES string of the molecule is CN(Cc1ccc(C(F)(F)F)c(F)c1)C1CN(C(=O)N2CCN(c3ccccc3C#N)CC2)C(=O)C1c1ccc(Cl)c(Cl)c1. The fourth-order valence-electron chi connectivity index (χ4n) is 5.80. The van der Waals surface area contributed by atoms with E-state index in [1.807, 2.05) is 17.0 Å². The molecule has 2 heterocycles. The number of nitriles is 1. The number of carbonyl (C=O) groups excluding carboxylic acids is 2. The number of anilines is 1. The van der Waals surface area contributed by atoms with Crippen LogP contribution >= 0.6 is 23.2 Å². The second-order valence-electron chi connectivity index (χ2n) is 10.8. The molecule has 13 heteroatoms. The van der Waals surface area contributed by atoms with Gasteiger partial charge in [0, 0.05) is 45.3 Å². The van der Waals surface area contributed by atoms with Crippen LogP contribution in [0.5, 0.6) is 0 Å². The molecule has 0 saturated carbocycles. The van der Waals surface area contributed by atoms with Gasteiger partial charge < -0.3 is 9.80 Å². The lowest BCUT2D eigenvalue weighted by atomic mass is 9.92. The molecule has 0 bridgehead atoms. The minimum atomic E-state index is -4.82. The molecule has 2 atom stereocenters. The number of likely N-dealkylation sites (tertiary alicyclic amines) is 1. The van der Waals surface area contributed by atoms with Crippen molar-refractivity contribution in [2.24, 2.45) is 0 Å². The average molecular weight is 648 g/mol. The molecule has 2 aliphatic rings. The van der Waals surface area contributed by atoms with Crippen LogP contribution in [0.2, 0.25) is 10.0 Å². The topological polar surface area (TPSA) is 70.9 Å². The Bertz CT molecular complexity index is 1620. The van der Waals surface area contributed by atoms with E-state index in [-0.39, 0.29) is 28.7 Å². The van der Waals surface area contributed by atoms with Crippen LogP contribution in [-0.4, -0.2) is 72.5 Å². The minimum absolute atomic E-state index is 0.000322. The Morgan fingerprint density at radius 1 is 1.02 bits per heavy atom. The Morgan fingerprint density at radius 2 is 1.73 bits per heavy atom. The fraction of sp³-hybridized carbons (Fsp3) is 0.323. The molecule has 3 aromatic rings. The number of rotatable bonds is 5. The molecule has 0 N–H and O–H groups in total. The number of benzene rings is 3. The van der Waals surface area contributed by atoms with E-state index in [1.165, 1.54) is 11.0 Å². The molecule has 0 radical (unpaired) electrons. The number of alkyl halides is 3. The van der Waals surface area contributed by atoms with E-state index < -0.39 is 41.5 Å². The highest BCUT2D eigenvalue weighted by Gasteiger charge is 2.47. The molecular formula is C31H27Cl2F4N5O2. The number of para-hydroxylation sites is 1. The first kappa shape index (κ1) is 31.6. The third kappa shape index (κ3) is 6.34. The number of imide groups is 1. The number of hydrogen-bond acceptors (Lipinski definition) is 5. The normalized spacial score (nSPS) is 19.1. The van der Waals surface area contributed by atoms with Crippen molar-refractivity contribution in [1.82, 2.24) is 14.7 Å². The fourth-order valence-corrected chi connectivity index (χ4v) is 6.10. The van der Waals surface area contributed by atoms with Crippen LogP contribution in [0.15, 0.2) is 60.7 Å². The summed E-state index contributed by atoms with van der Waals surface area (Å²) in [7, 11) is 1.66. The summed E-state index contributed by atoms with van der Waals surface area (Å²) in [6.45, 7) is 1.59. The van der Waals surface area contributed by atoms with E-state index in [2.05, 4.69) is 6.07 Å². The van der Waals surface area contributed by atoms with Crippen molar-refractivity contribution in [2.45, 2.75) is 24.7 Å². The third-order valence-corrected chi connectivity index (χ3v) is 8.81. The van der Waals surface area contributed by atoms with Gasteiger partial charge in [-0.1, -0.05) is 47.5 Å². The molecule has 44 heavy (non-hydrogen) atoms. The van der Waals surface area contributed by atoms with E-state index in [4.69, 9.17) is 23.2 Å². The zero-order valence-electron chi connectivity index (χ0n) is 23.5. The van der Waals surface area contributed by atoms with Gasteiger partial charge in [0.2, 0.25) is 5.91 Å². The van der Waals surface area contributed by atoms with Gasteiger partial charge in [0.05, 0.1) is 32.8 Å². The van der Waals surface area contributed by atoms with E-state index >= 15 is 0 Å². The quantitative estimate of drug-likeness (QED) is 0.300. The Morgan fingerprint density at radius 3 is 2.36 bits per heavy atom. The van der Waals surface area contributed by atoms with Crippen molar-refractivity contribution < 1.29 is 27.2 Å². The number of hydrogen-bond donors (Lipinski definition) is 0. The van der Waals surface area contributed by atoms with Crippen molar-refractivity contribution in [3.63, 3.8) is 0 Å². The third-order valence-electron chi connectivity index (χ3n) is 8.07. The minimum Gasteiger partial charge on any atom is -0.367 e. The lowest BCUT2D eigenvalue weighted by Gasteiger charge is -2.37. The van der Waals surface area contributed by atoms with Gasteiger partial charge >= 0.3 is 12.2 Å². The molecule has 2 saturated heterocycles. The van der Waals surface area contributed by atoms with Crippen molar-refractivity contribution in [3.8, 4) is 6.07 Å². The van der Waals surface area contributed by atoms with Gasteiger partial charge in [-0.15, -0.1) is 0 Å². The van der Waals surface area contributed by atoms with Gasteiger partial charge in [0.1, 0.15) is 11.9 Å². The highest BCUT2D eigenvalue weighted by molar-refractivity contribution is 6.42. The zero-order valence-corrected chi connectivity index (χ0v) is 25.0. The lowest BCUT2D eigenvalue weighted by molar-refractivity contribution is -0.140. The summed E-state index contributed by atoms with van der Waals surface area (Å²) < 4.78 is 53.6. The summed E-state index contributed by atoms with van der Waals surface area (Å²) in [6, 6.07) is 15.8. The molecule has 2 unspecified atom stereocenters. The summed E-state index contributed by atoms with van der Waals surface area (Å²) in [6.07, 6.45) is -4.82. The summed E-state index contributed by atoms with van der Waals surface area (Å²) in [5, 5.41) is 9.98. The van der Waals surface area contributed by atoms with E-state index in [0.717, 1.165) is 11.8 Å². The van der Waals surface area contributed by atoms with Gasteiger partial charge in [-0.05, 0) is 54.6 Å².